The number of benzene rings is 1. The van der Waals surface area contributed by atoms with Crippen molar-refractivity contribution in [3.05, 3.63) is 40.4 Å². The fraction of sp³-hybridized carbons (Fsp3) is 0.167. The first-order chi connectivity index (χ1) is 7.56. The minimum absolute atomic E-state index is 0.0180. The van der Waals surface area contributed by atoms with Crippen LogP contribution in [0.15, 0.2) is 29.8 Å². The summed E-state index contributed by atoms with van der Waals surface area (Å²) in [6.45, 7) is 1.31. The molecule has 0 saturated heterocycles. The van der Waals surface area contributed by atoms with Crippen LogP contribution in [-0.2, 0) is 14.3 Å². The molecule has 0 atom stereocenters. The van der Waals surface area contributed by atoms with Gasteiger partial charge in [-0.3, -0.25) is 4.79 Å². The van der Waals surface area contributed by atoms with Crippen LogP contribution in [0.1, 0.15) is 12.5 Å². The number of carbonyl (C=O) groups is 2. The number of halogens is 1. The lowest BCUT2D eigenvalue weighted by atomic mass is 10.1. The van der Waals surface area contributed by atoms with E-state index in [1.807, 2.05) is 0 Å². The lowest BCUT2D eigenvalue weighted by Gasteiger charge is -2.02. The summed E-state index contributed by atoms with van der Waals surface area (Å²) >= 11 is 5.91. The van der Waals surface area contributed by atoms with Crippen molar-refractivity contribution >= 4 is 29.4 Å². The van der Waals surface area contributed by atoms with Gasteiger partial charge in [0.2, 0.25) is 0 Å². The summed E-state index contributed by atoms with van der Waals surface area (Å²) in [5.41, 5.74) is 0.593. The van der Waals surface area contributed by atoms with Gasteiger partial charge in [0.15, 0.2) is 5.78 Å². The van der Waals surface area contributed by atoms with E-state index in [-0.39, 0.29) is 11.4 Å². The van der Waals surface area contributed by atoms with Gasteiger partial charge in [-0.1, -0.05) is 29.8 Å². The largest absolute Gasteiger partial charge is 0.465 e. The molecule has 3 nitrogen and oxygen atoms in total. The summed E-state index contributed by atoms with van der Waals surface area (Å²) in [6, 6.07) is 6.94. The van der Waals surface area contributed by atoms with E-state index >= 15 is 0 Å². The van der Waals surface area contributed by atoms with Gasteiger partial charge in [0.25, 0.3) is 0 Å². The first-order valence-corrected chi connectivity index (χ1v) is 4.99. The van der Waals surface area contributed by atoms with Gasteiger partial charge in [0.05, 0.1) is 7.11 Å². The Morgan fingerprint density at radius 3 is 2.44 bits per heavy atom. The van der Waals surface area contributed by atoms with Crippen molar-refractivity contribution in [3.8, 4) is 0 Å². The standard InChI is InChI=1S/C12H11ClO3/c1-8(14)10(12(15)16-2)7-9-5-3-4-6-11(9)13/h3-7H,1-2H3/b10-7-. The van der Waals surface area contributed by atoms with Gasteiger partial charge in [0.1, 0.15) is 5.57 Å². The van der Waals surface area contributed by atoms with Gasteiger partial charge in [0, 0.05) is 5.02 Å². The zero-order valence-corrected chi connectivity index (χ0v) is 9.75. The Balaban J connectivity index is 3.18. The van der Waals surface area contributed by atoms with E-state index in [2.05, 4.69) is 4.74 Å². The molecular formula is C12H11ClO3. The molecule has 84 valence electrons. The maximum Gasteiger partial charge on any atom is 0.341 e. The highest BCUT2D eigenvalue weighted by Crippen LogP contribution is 2.18. The molecule has 0 aliphatic carbocycles. The van der Waals surface area contributed by atoms with Gasteiger partial charge in [-0.2, -0.15) is 0 Å². The molecule has 0 radical (unpaired) electrons. The number of hydrogen-bond acceptors (Lipinski definition) is 3. The second-order valence-corrected chi connectivity index (χ2v) is 3.53. The Hall–Kier alpha value is -1.61. The molecule has 0 aliphatic heterocycles. The van der Waals surface area contributed by atoms with E-state index < -0.39 is 5.97 Å². The van der Waals surface area contributed by atoms with Crippen molar-refractivity contribution in [2.75, 3.05) is 7.11 Å². The van der Waals surface area contributed by atoms with Crippen molar-refractivity contribution in [1.29, 1.82) is 0 Å². The Labute approximate surface area is 98.7 Å². The van der Waals surface area contributed by atoms with Crippen LogP contribution in [0.25, 0.3) is 6.08 Å². The third-order valence-corrected chi connectivity index (χ3v) is 2.33. The second kappa shape index (κ2) is 5.47. The van der Waals surface area contributed by atoms with Gasteiger partial charge in [-0.05, 0) is 24.6 Å². The van der Waals surface area contributed by atoms with E-state index in [0.29, 0.717) is 10.6 Å². The fourth-order valence-electron chi connectivity index (χ4n) is 1.16. The van der Waals surface area contributed by atoms with Crippen LogP contribution in [0.3, 0.4) is 0 Å². The first kappa shape index (κ1) is 12.5. The molecule has 0 aromatic heterocycles. The molecule has 0 spiro atoms. The zero-order chi connectivity index (χ0) is 12.1. The number of Topliss-reactive ketones (excluding diaryl/α,β-unsaturated/α-hetero) is 1. The number of hydrogen-bond donors (Lipinski definition) is 0. The molecular weight excluding hydrogens is 228 g/mol. The van der Waals surface area contributed by atoms with Gasteiger partial charge < -0.3 is 4.74 Å². The third kappa shape index (κ3) is 2.94. The van der Waals surface area contributed by atoms with E-state index in [4.69, 9.17) is 11.6 Å². The van der Waals surface area contributed by atoms with Crippen LogP contribution in [0.5, 0.6) is 0 Å². The van der Waals surface area contributed by atoms with Crippen molar-refractivity contribution in [3.63, 3.8) is 0 Å². The molecule has 0 bridgehead atoms. The van der Waals surface area contributed by atoms with E-state index in [1.54, 1.807) is 24.3 Å². The van der Waals surface area contributed by atoms with Crippen LogP contribution < -0.4 is 0 Å². The van der Waals surface area contributed by atoms with Gasteiger partial charge in [-0.15, -0.1) is 0 Å². The summed E-state index contributed by atoms with van der Waals surface area (Å²) in [7, 11) is 1.23. The number of carbonyl (C=O) groups excluding carboxylic acids is 2. The average molecular weight is 239 g/mol. The molecule has 0 aliphatic rings. The normalized spacial score (nSPS) is 11.1. The first-order valence-electron chi connectivity index (χ1n) is 4.61. The van der Waals surface area contributed by atoms with Crippen molar-refractivity contribution in [2.45, 2.75) is 6.92 Å². The van der Waals surface area contributed by atoms with Crippen LogP contribution >= 0.6 is 11.6 Å². The number of ketones is 1. The lowest BCUT2D eigenvalue weighted by molar-refractivity contribution is -0.137. The molecule has 0 N–H and O–H groups in total. The minimum Gasteiger partial charge on any atom is -0.465 e. The smallest absolute Gasteiger partial charge is 0.341 e. The van der Waals surface area contributed by atoms with Crippen LogP contribution in [0, 0.1) is 0 Å². The molecule has 0 fully saturated rings. The highest BCUT2D eigenvalue weighted by atomic mass is 35.5. The number of methoxy groups -OCH3 is 1. The monoisotopic (exact) mass is 238 g/mol. The molecule has 0 saturated carbocycles. The quantitative estimate of drug-likeness (QED) is 0.352. The Kier molecular flexibility index (Phi) is 4.26. The minimum atomic E-state index is -0.660. The summed E-state index contributed by atoms with van der Waals surface area (Å²) in [6.07, 6.45) is 1.43. The summed E-state index contributed by atoms with van der Waals surface area (Å²) in [5.74, 6) is -1.01. The SMILES string of the molecule is COC(=O)/C(=C\c1ccccc1Cl)C(C)=O. The number of rotatable bonds is 3. The lowest BCUT2D eigenvalue weighted by Crippen LogP contribution is -2.11. The maximum atomic E-state index is 11.3. The fourth-order valence-corrected chi connectivity index (χ4v) is 1.35. The van der Waals surface area contributed by atoms with Crippen molar-refractivity contribution in [1.82, 2.24) is 0 Å². The second-order valence-electron chi connectivity index (χ2n) is 3.13. The molecule has 0 heterocycles. The molecule has 1 rings (SSSR count). The van der Waals surface area contributed by atoms with Crippen molar-refractivity contribution in [2.24, 2.45) is 0 Å². The Morgan fingerprint density at radius 1 is 1.31 bits per heavy atom. The molecule has 0 unspecified atom stereocenters. The molecule has 16 heavy (non-hydrogen) atoms. The van der Waals surface area contributed by atoms with Crippen molar-refractivity contribution < 1.29 is 14.3 Å². The van der Waals surface area contributed by atoms with Crippen LogP contribution in [0.2, 0.25) is 5.02 Å². The Morgan fingerprint density at radius 2 is 1.94 bits per heavy atom. The number of ether oxygens (including phenoxy) is 1. The summed E-state index contributed by atoms with van der Waals surface area (Å²) in [4.78, 5) is 22.6. The maximum absolute atomic E-state index is 11.3. The molecule has 1 aromatic carbocycles. The van der Waals surface area contributed by atoms with Crippen LogP contribution in [0.4, 0.5) is 0 Å². The Bertz CT molecular complexity index is 449. The van der Waals surface area contributed by atoms with Gasteiger partial charge >= 0.3 is 5.97 Å². The third-order valence-electron chi connectivity index (χ3n) is 1.99. The highest BCUT2D eigenvalue weighted by molar-refractivity contribution is 6.32. The average Bonchev–Trinajstić information content (AvgIpc) is 2.26. The summed E-state index contributed by atoms with van der Waals surface area (Å²) < 4.78 is 4.51. The topological polar surface area (TPSA) is 43.4 Å². The predicted octanol–water partition coefficient (Wildman–Crippen LogP) is 2.49. The van der Waals surface area contributed by atoms with E-state index in [0.717, 1.165) is 0 Å². The summed E-state index contributed by atoms with van der Waals surface area (Å²) in [5, 5.41) is 0.477. The number of esters is 1. The van der Waals surface area contributed by atoms with E-state index in [9.17, 15) is 9.59 Å². The molecule has 4 heteroatoms. The zero-order valence-electron chi connectivity index (χ0n) is 8.99. The molecule has 0 amide bonds. The van der Waals surface area contributed by atoms with Crippen LogP contribution in [-0.4, -0.2) is 18.9 Å². The van der Waals surface area contributed by atoms with E-state index in [1.165, 1.54) is 20.1 Å². The highest BCUT2D eigenvalue weighted by Gasteiger charge is 2.15. The predicted molar refractivity (Wildman–Crippen MR) is 62.1 cm³/mol. The van der Waals surface area contributed by atoms with Gasteiger partial charge in [-0.25, -0.2) is 4.79 Å². The molecule has 1 aromatic rings.